The number of carbonyl (C=O) groups is 2. The number of carboxylic acids is 1. The van der Waals surface area contributed by atoms with Crippen LogP contribution in [0.4, 0.5) is 18.0 Å². The van der Waals surface area contributed by atoms with Gasteiger partial charge >= 0.3 is 18.2 Å². The molecule has 3 aromatic rings. The van der Waals surface area contributed by atoms with E-state index < -0.39 is 29.8 Å². The van der Waals surface area contributed by atoms with E-state index in [1.807, 2.05) is 0 Å². The molecule has 0 bridgehead atoms. The highest BCUT2D eigenvalue weighted by Crippen LogP contribution is 2.30. The summed E-state index contributed by atoms with van der Waals surface area (Å²) in [6.07, 6.45) is -3.77. The maximum Gasteiger partial charge on any atom is 0.418 e. The van der Waals surface area contributed by atoms with Crippen molar-refractivity contribution >= 4 is 23.0 Å². The summed E-state index contributed by atoms with van der Waals surface area (Å²) in [5.41, 5.74) is 0.244. The smallest absolute Gasteiger partial charge is 0.418 e. The van der Waals surface area contributed by atoms with E-state index in [-0.39, 0.29) is 18.7 Å². The monoisotopic (exact) mass is 420 g/mol. The molecule has 0 aliphatic carbocycles. The third-order valence-corrected chi connectivity index (χ3v) is 4.53. The first kappa shape index (κ1) is 21.4. The lowest BCUT2D eigenvalue weighted by Gasteiger charge is -2.15. The Kier molecular flexibility index (Phi) is 6.12. The molecule has 1 atom stereocenters. The predicted octanol–water partition coefficient (Wildman–Crippen LogP) is 4.58. The number of hydrogen-bond acceptors (Lipinski definition) is 4. The van der Waals surface area contributed by atoms with Gasteiger partial charge in [0.2, 0.25) is 0 Å². The zero-order valence-corrected chi connectivity index (χ0v) is 15.9. The minimum atomic E-state index is -4.49. The standard InChI is InChI=1S/C21H19F3N2O4/c1-2-30-20(29)26-12-16(15-8-3-4-9-17(15)26)18(19(27)28)25-11-13-6-5-7-14(10-13)21(22,23)24/h3-10,12,18,25H,2,11H2,1H3,(H,27,28). The summed E-state index contributed by atoms with van der Waals surface area (Å²) < 4.78 is 45.0. The number of aliphatic carboxylic acids is 1. The first-order chi connectivity index (χ1) is 14.2. The normalized spacial score (nSPS) is 12.7. The van der Waals surface area contributed by atoms with E-state index in [1.54, 1.807) is 31.2 Å². The van der Waals surface area contributed by atoms with Crippen LogP contribution in [-0.4, -0.2) is 28.3 Å². The molecule has 2 N–H and O–H groups in total. The number of aromatic nitrogens is 1. The molecule has 30 heavy (non-hydrogen) atoms. The predicted molar refractivity (Wildman–Crippen MR) is 103 cm³/mol. The molecule has 3 rings (SSSR count). The van der Waals surface area contributed by atoms with Gasteiger partial charge < -0.3 is 9.84 Å². The third kappa shape index (κ3) is 4.46. The van der Waals surface area contributed by atoms with Gasteiger partial charge in [-0.25, -0.2) is 4.79 Å². The fraction of sp³-hybridized carbons (Fsp3) is 0.238. The molecule has 0 amide bonds. The van der Waals surface area contributed by atoms with Crippen LogP contribution < -0.4 is 5.32 Å². The summed E-state index contributed by atoms with van der Waals surface area (Å²) in [4.78, 5) is 24.2. The summed E-state index contributed by atoms with van der Waals surface area (Å²) in [6.45, 7) is 1.69. The van der Waals surface area contributed by atoms with Gasteiger partial charge in [0, 0.05) is 23.7 Å². The Hall–Kier alpha value is -3.33. The number of nitrogens with one attached hydrogen (secondary N) is 1. The van der Waals surface area contributed by atoms with Gasteiger partial charge in [-0.3, -0.25) is 14.7 Å². The Labute approximate surface area is 169 Å². The van der Waals surface area contributed by atoms with Crippen LogP contribution in [0.5, 0.6) is 0 Å². The van der Waals surface area contributed by atoms with E-state index >= 15 is 0 Å². The number of halogens is 3. The number of para-hydroxylation sites is 1. The highest BCUT2D eigenvalue weighted by molar-refractivity contribution is 5.95. The quantitative estimate of drug-likeness (QED) is 0.610. The number of nitrogens with zero attached hydrogens (tertiary/aromatic N) is 1. The highest BCUT2D eigenvalue weighted by Gasteiger charge is 2.30. The van der Waals surface area contributed by atoms with Crippen LogP contribution in [0.2, 0.25) is 0 Å². The van der Waals surface area contributed by atoms with Crippen molar-refractivity contribution in [1.82, 2.24) is 9.88 Å². The van der Waals surface area contributed by atoms with Gasteiger partial charge in [-0.2, -0.15) is 13.2 Å². The summed E-state index contributed by atoms with van der Waals surface area (Å²) in [5.74, 6) is -1.23. The minimum absolute atomic E-state index is 0.111. The lowest BCUT2D eigenvalue weighted by Crippen LogP contribution is -2.28. The molecule has 0 spiro atoms. The summed E-state index contributed by atoms with van der Waals surface area (Å²) >= 11 is 0. The van der Waals surface area contributed by atoms with Crippen molar-refractivity contribution in [2.45, 2.75) is 25.7 Å². The fourth-order valence-electron chi connectivity index (χ4n) is 3.19. The Morgan fingerprint density at radius 2 is 1.90 bits per heavy atom. The summed E-state index contributed by atoms with van der Waals surface area (Å²) in [6, 6.07) is 10.1. The van der Waals surface area contributed by atoms with Gasteiger partial charge in [0.1, 0.15) is 6.04 Å². The molecule has 1 unspecified atom stereocenters. The maximum atomic E-state index is 12.9. The van der Waals surface area contributed by atoms with Crippen molar-refractivity contribution in [1.29, 1.82) is 0 Å². The minimum Gasteiger partial charge on any atom is -0.480 e. The van der Waals surface area contributed by atoms with Gasteiger partial charge in [-0.1, -0.05) is 36.4 Å². The molecule has 6 nitrogen and oxygen atoms in total. The summed E-state index contributed by atoms with van der Waals surface area (Å²) in [7, 11) is 0. The zero-order valence-electron chi connectivity index (χ0n) is 15.9. The first-order valence-corrected chi connectivity index (χ1v) is 9.11. The number of benzene rings is 2. The van der Waals surface area contributed by atoms with Gasteiger partial charge in [-0.15, -0.1) is 0 Å². The molecular formula is C21H19F3N2O4. The topological polar surface area (TPSA) is 80.6 Å². The van der Waals surface area contributed by atoms with Crippen LogP contribution >= 0.6 is 0 Å². The fourth-order valence-corrected chi connectivity index (χ4v) is 3.19. The second kappa shape index (κ2) is 8.58. The number of hydrogen-bond donors (Lipinski definition) is 2. The zero-order chi connectivity index (χ0) is 21.9. The van der Waals surface area contributed by atoms with Crippen LogP contribution in [0, 0.1) is 0 Å². The number of ether oxygens (including phenoxy) is 1. The Balaban J connectivity index is 1.93. The number of carbonyl (C=O) groups excluding carboxylic acids is 1. The molecule has 1 aromatic heterocycles. The molecular weight excluding hydrogens is 401 g/mol. The van der Waals surface area contributed by atoms with Crippen LogP contribution in [-0.2, 0) is 22.3 Å². The Morgan fingerprint density at radius 3 is 2.57 bits per heavy atom. The van der Waals surface area contributed by atoms with Gasteiger partial charge in [0.05, 0.1) is 17.7 Å². The molecule has 0 aliphatic rings. The lowest BCUT2D eigenvalue weighted by molar-refractivity contribution is -0.140. The third-order valence-electron chi connectivity index (χ3n) is 4.53. The van der Waals surface area contributed by atoms with E-state index in [9.17, 15) is 27.9 Å². The molecule has 0 saturated carbocycles. The molecule has 2 aromatic carbocycles. The molecule has 1 heterocycles. The number of alkyl halides is 3. The van der Waals surface area contributed by atoms with Crippen molar-refractivity contribution in [3.05, 3.63) is 71.4 Å². The van der Waals surface area contributed by atoms with E-state index in [2.05, 4.69) is 5.32 Å². The van der Waals surface area contributed by atoms with E-state index in [1.165, 1.54) is 22.9 Å². The molecule has 9 heteroatoms. The van der Waals surface area contributed by atoms with Crippen molar-refractivity contribution < 1.29 is 32.6 Å². The Morgan fingerprint density at radius 1 is 1.17 bits per heavy atom. The number of fused-ring (bicyclic) bond motifs is 1. The van der Waals surface area contributed by atoms with E-state index in [0.29, 0.717) is 16.5 Å². The van der Waals surface area contributed by atoms with Crippen molar-refractivity contribution in [3.63, 3.8) is 0 Å². The van der Waals surface area contributed by atoms with Gasteiger partial charge in [0.25, 0.3) is 0 Å². The van der Waals surface area contributed by atoms with Crippen LogP contribution in [0.1, 0.15) is 29.7 Å². The van der Waals surface area contributed by atoms with Crippen LogP contribution in [0.3, 0.4) is 0 Å². The average Bonchev–Trinajstić information content (AvgIpc) is 3.07. The van der Waals surface area contributed by atoms with Crippen molar-refractivity contribution in [3.8, 4) is 0 Å². The van der Waals surface area contributed by atoms with Gasteiger partial charge in [-0.05, 0) is 24.6 Å². The highest BCUT2D eigenvalue weighted by atomic mass is 19.4. The van der Waals surface area contributed by atoms with Crippen LogP contribution in [0.25, 0.3) is 10.9 Å². The largest absolute Gasteiger partial charge is 0.480 e. The molecule has 0 radical (unpaired) electrons. The molecule has 0 saturated heterocycles. The average molecular weight is 420 g/mol. The molecule has 0 fully saturated rings. The SMILES string of the molecule is CCOC(=O)n1cc(C(NCc2cccc(C(F)(F)F)c2)C(=O)O)c2ccccc21. The number of carboxylic acid groups (broad SMARTS) is 1. The van der Waals surface area contributed by atoms with Crippen LogP contribution in [0.15, 0.2) is 54.7 Å². The summed E-state index contributed by atoms with van der Waals surface area (Å²) in [5, 5.41) is 13.0. The van der Waals surface area contributed by atoms with Crippen molar-refractivity contribution in [2.24, 2.45) is 0 Å². The molecule has 0 aliphatic heterocycles. The second-order valence-electron chi connectivity index (χ2n) is 6.52. The maximum absolute atomic E-state index is 12.9. The lowest BCUT2D eigenvalue weighted by atomic mass is 10.0. The van der Waals surface area contributed by atoms with E-state index in [0.717, 1.165) is 12.1 Å². The van der Waals surface area contributed by atoms with Crippen molar-refractivity contribution in [2.75, 3.05) is 6.61 Å². The Bertz CT molecular complexity index is 1080. The first-order valence-electron chi connectivity index (χ1n) is 9.11. The number of rotatable bonds is 6. The van der Waals surface area contributed by atoms with Gasteiger partial charge in [0.15, 0.2) is 0 Å². The second-order valence-corrected chi connectivity index (χ2v) is 6.52. The molecule has 158 valence electrons. The van der Waals surface area contributed by atoms with E-state index in [4.69, 9.17) is 4.74 Å².